The Labute approximate surface area is 225 Å². The molecule has 0 aliphatic rings. The van der Waals surface area contributed by atoms with E-state index < -0.39 is 63.2 Å². The highest BCUT2D eigenvalue weighted by atomic mass is 19.4. The second-order valence-electron chi connectivity index (χ2n) is 9.34. The predicted molar refractivity (Wildman–Crippen MR) is 135 cm³/mol. The topological polar surface area (TPSA) is 116 Å². The van der Waals surface area contributed by atoms with Crippen LogP contribution < -0.4 is 5.32 Å². The normalized spacial score (nSPS) is 13.1. The van der Waals surface area contributed by atoms with Crippen molar-refractivity contribution in [2.45, 2.75) is 57.0 Å². The van der Waals surface area contributed by atoms with Gasteiger partial charge in [-0.15, -0.1) is 16.8 Å². The first-order chi connectivity index (χ1) is 18.7. The summed E-state index contributed by atoms with van der Waals surface area (Å²) in [7, 11) is 0. The minimum atomic E-state index is -5.02. The van der Waals surface area contributed by atoms with Gasteiger partial charge < -0.3 is 14.5 Å². The number of rotatable bonds is 13. The van der Waals surface area contributed by atoms with Gasteiger partial charge in [0, 0.05) is 11.6 Å². The second kappa shape index (κ2) is 11.9. The average Bonchev–Trinajstić information content (AvgIpc) is 3.36. The Morgan fingerprint density at radius 1 is 1.15 bits per heavy atom. The van der Waals surface area contributed by atoms with Crippen LogP contribution in [0, 0.1) is 10.1 Å². The number of benzene rings is 1. The molecule has 0 spiro atoms. The second-order valence-corrected chi connectivity index (χ2v) is 9.34. The largest absolute Gasteiger partial charge is 0.420 e. The number of aromatic nitrogens is 3. The third-order valence-corrected chi connectivity index (χ3v) is 5.68. The minimum Gasteiger partial charge on any atom is -0.416 e. The Morgan fingerprint density at radius 2 is 1.82 bits per heavy atom. The van der Waals surface area contributed by atoms with Gasteiger partial charge in [-0.2, -0.15) is 22.0 Å². The van der Waals surface area contributed by atoms with Gasteiger partial charge in [-0.05, 0) is 38.3 Å². The molecular weight excluding hydrogens is 541 g/mol. The van der Waals surface area contributed by atoms with Gasteiger partial charge in [-0.3, -0.25) is 10.1 Å². The Balaban J connectivity index is 2.09. The zero-order valence-corrected chi connectivity index (χ0v) is 21.5. The molecule has 3 aromatic rings. The highest BCUT2D eigenvalue weighted by Crippen LogP contribution is 2.42. The number of pyridine rings is 1. The Morgan fingerprint density at radius 3 is 2.40 bits per heavy atom. The van der Waals surface area contributed by atoms with Gasteiger partial charge in [0.2, 0.25) is 11.8 Å². The van der Waals surface area contributed by atoms with Gasteiger partial charge in [0.1, 0.15) is 11.4 Å². The smallest absolute Gasteiger partial charge is 0.416 e. The van der Waals surface area contributed by atoms with Crippen LogP contribution in [0.2, 0.25) is 0 Å². The fourth-order valence-electron chi connectivity index (χ4n) is 3.60. The highest BCUT2D eigenvalue weighted by molar-refractivity contribution is 5.68. The summed E-state index contributed by atoms with van der Waals surface area (Å²) in [6.45, 7) is 9.60. The minimum absolute atomic E-state index is 0.278. The summed E-state index contributed by atoms with van der Waals surface area (Å²) in [4.78, 5) is 14.5. The molecular formula is C26H26F5N5O4. The SMILES string of the molecule is C=CCCC(C)(C)Nc1nc(-c2nnc(C(OCc3ccccc3)C(F)(F)C=C)o2)c([N+](=O)[O-])cc1C(F)(F)F. The van der Waals surface area contributed by atoms with E-state index in [9.17, 15) is 32.1 Å². The number of hydrogen-bond donors (Lipinski definition) is 1. The van der Waals surface area contributed by atoms with Crippen molar-refractivity contribution in [3.05, 3.63) is 88.8 Å². The lowest BCUT2D eigenvalue weighted by atomic mass is 9.98. The summed E-state index contributed by atoms with van der Waals surface area (Å²) < 4.78 is 81.7. The van der Waals surface area contributed by atoms with Crippen LogP contribution in [0.5, 0.6) is 0 Å². The lowest BCUT2D eigenvalue weighted by molar-refractivity contribution is -0.384. The molecule has 0 amide bonds. The lowest BCUT2D eigenvalue weighted by Gasteiger charge is -2.28. The number of ether oxygens (including phenoxy) is 1. The van der Waals surface area contributed by atoms with Crippen LogP contribution in [0.1, 0.15) is 49.8 Å². The first kappa shape index (κ1) is 30.3. The summed E-state index contributed by atoms with van der Waals surface area (Å²) in [6.07, 6.45) is -4.48. The van der Waals surface area contributed by atoms with Crippen LogP contribution >= 0.6 is 0 Å². The maximum atomic E-state index is 14.7. The molecule has 0 saturated carbocycles. The summed E-state index contributed by atoms with van der Waals surface area (Å²) in [5.41, 5.74) is -3.67. The molecule has 0 fully saturated rings. The van der Waals surface area contributed by atoms with E-state index in [2.05, 4.69) is 33.7 Å². The fourth-order valence-corrected chi connectivity index (χ4v) is 3.60. The number of nitrogens with zero attached hydrogens (tertiary/aromatic N) is 4. The summed E-state index contributed by atoms with van der Waals surface area (Å²) >= 11 is 0. The van der Waals surface area contributed by atoms with Crippen LogP contribution in [0.25, 0.3) is 11.6 Å². The van der Waals surface area contributed by atoms with E-state index in [4.69, 9.17) is 9.15 Å². The molecule has 2 aromatic heterocycles. The number of alkyl halides is 5. The molecule has 14 heteroatoms. The third kappa shape index (κ3) is 7.25. The quantitative estimate of drug-likeness (QED) is 0.0990. The van der Waals surface area contributed by atoms with E-state index in [0.717, 1.165) is 0 Å². The molecule has 40 heavy (non-hydrogen) atoms. The predicted octanol–water partition coefficient (Wildman–Crippen LogP) is 7.29. The van der Waals surface area contributed by atoms with Crippen molar-refractivity contribution >= 4 is 11.5 Å². The number of hydrogen-bond acceptors (Lipinski definition) is 8. The molecule has 1 N–H and O–H groups in total. The molecule has 3 rings (SSSR count). The Hall–Kier alpha value is -4.20. The van der Waals surface area contributed by atoms with Crippen molar-refractivity contribution in [2.24, 2.45) is 0 Å². The van der Waals surface area contributed by atoms with E-state index >= 15 is 0 Å². The molecule has 0 bridgehead atoms. The summed E-state index contributed by atoms with van der Waals surface area (Å²) in [5.74, 6) is -6.00. The summed E-state index contributed by atoms with van der Waals surface area (Å²) in [5, 5.41) is 21.5. The zero-order valence-electron chi connectivity index (χ0n) is 21.5. The fraction of sp³-hybridized carbons (Fsp3) is 0.346. The van der Waals surface area contributed by atoms with Gasteiger partial charge in [-0.25, -0.2) is 4.98 Å². The number of anilines is 1. The molecule has 214 valence electrons. The van der Waals surface area contributed by atoms with Crippen LogP contribution in [-0.4, -0.2) is 31.6 Å². The highest BCUT2D eigenvalue weighted by Gasteiger charge is 2.44. The van der Waals surface area contributed by atoms with Crippen LogP contribution in [0.3, 0.4) is 0 Å². The summed E-state index contributed by atoms with van der Waals surface area (Å²) in [6, 6.07) is 8.59. The van der Waals surface area contributed by atoms with Crippen LogP contribution in [0.4, 0.5) is 33.5 Å². The number of nitro groups is 1. The van der Waals surface area contributed by atoms with E-state index in [1.807, 2.05) is 0 Å². The van der Waals surface area contributed by atoms with Crippen molar-refractivity contribution in [1.82, 2.24) is 15.2 Å². The van der Waals surface area contributed by atoms with E-state index in [1.165, 1.54) is 0 Å². The van der Waals surface area contributed by atoms with Crippen molar-refractivity contribution in [2.75, 3.05) is 5.32 Å². The van der Waals surface area contributed by atoms with Crippen molar-refractivity contribution in [3.63, 3.8) is 0 Å². The zero-order chi connectivity index (χ0) is 29.7. The van der Waals surface area contributed by atoms with Gasteiger partial charge >= 0.3 is 17.8 Å². The average molecular weight is 568 g/mol. The van der Waals surface area contributed by atoms with Crippen LogP contribution in [-0.2, 0) is 17.5 Å². The first-order valence-corrected chi connectivity index (χ1v) is 11.8. The van der Waals surface area contributed by atoms with Crippen molar-refractivity contribution < 1.29 is 36.0 Å². The van der Waals surface area contributed by atoms with Gasteiger partial charge in [0.05, 0.1) is 11.5 Å². The monoisotopic (exact) mass is 567 g/mol. The van der Waals surface area contributed by atoms with Crippen molar-refractivity contribution in [3.8, 4) is 11.6 Å². The molecule has 0 saturated heterocycles. The number of nitrogens with one attached hydrogen (secondary N) is 1. The molecule has 0 radical (unpaired) electrons. The van der Waals surface area contributed by atoms with E-state index in [0.29, 0.717) is 24.5 Å². The van der Waals surface area contributed by atoms with Crippen LogP contribution in [0.15, 0.2) is 66.1 Å². The molecule has 0 aliphatic carbocycles. The van der Waals surface area contributed by atoms with Gasteiger partial charge in [0.25, 0.3) is 11.8 Å². The van der Waals surface area contributed by atoms with Gasteiger partial charge in [0.15, 0.2) is 0 Å². The van der Waals surface area contributed by atoms with E-state index in [1.54, 1.807) is 50.3 Å². The first-order valence-electron chi connectivity index (χ1n) is 11.8. The van der Waals surface area contributed by atoms with Crippen molar-refractivity contribution in [1.29, 1.82) is 0 Å². The molecule has 1 unspecified atom stereocenters. The number of allylic oxidation sites excluding steroid dienone is 1. The standard InChI is InChI=1S/C26H26F5N5O4/c1-5-7-13-24(3,4)33-21-17(26(29,30)31)14-18(36(37)38)19(32-21)22-34-35-23(40-22)20(25(27,28)6-2)39-15-16-11-9-8-10-12-16/h5-6,8-12,14,20H,1-2,7,13,15H2,3-4H3,(H,32,33). The molecule has 2 heterocycles. The van der Waals surface area contributed by atoms with E-state index in [-0.39, 0.29) is 12.7 Å². The molecule has 9 nitrogen and oxygen atoms in total. The molecule has 1 aromatic carbocycles. The third-order valence-electron chi connectivity index (χ3n) is 5.68. The maximum absolute atomic E-state index is 14.7. The Bertz CT molecular complexity index is 1360. The Kier molecular flexibility index (Phi) is 9.03. The maximum Gasteiger partial charge on any atom is 0.420 e. The van der Waals surface area contributed by atoms with Gasteiger partial charge in [-0.1, -0.05) is 43.0 Å². The molecule has 1 atom stereocenters. The lowest BCUT2D eigenvalue weighted by Crippen LogP contribution is -2.32. The molecule has 0 aliphatic heterocycles. The number of halogens is 5.